The molecule has 0 unspecified atom stereocenters. The number of anilines is 1. The van der Waals surface area contributed by atoms with Gasteiger partial charge in [0.25, 0.3) is 0 Å². The molecule has 23 heavy (non-hydrogen) atoms. The average molecular weight is 398 g/mol. The first-order chi connectivity index (χ1) is 9.68. The normalized spacial score (nSPS) is 11.5. The van der Waals surface area contributed by atoms with Crippen molar-refractivity contribution in [3.63, 3.8) is 0 Å². The third kappa shape index (κ3) is 6.99. The fourth-order valence-corrected chi connectivity index (χ4v) is 4.63. The summed E-state index contributed by atoms with van der Waals surface area (Å²) in [5.41, 5.74) is -0.983. The van der Waals surface area contributed by atoms with Crippen LogP contribution in [0.5, 0.6) is 0 Å². The van der Waals surface area contributed by atoms with Crippen LogP contribution in [0.25, 0.3) is 11.3 Å². The van der Waals surface area contributed by atoms with Gasteiger partial charge in [-0.15, -0.1) is 11.3 Å². The van der Waals surface area contributed by atoms with E-state index < -0.39 is 20.7 Å². The fourth-order valence-electron chi connectivity index (χ4n) is 1.56. The quantitative estimate of drug-likeness (QED) is 0.364. The Morgan fingerprint density at radius 1 is 1.00 bits per heavy atom. The summed E-state index contributed by atoms with van der Waals surface area (Å²) in [6, 6.07) is 9.02. The summed E-state index contributed by atoms with van der Waals surface area (Å²) in [4.78, 5) is 40.2. The summed E-state index contributed by atoms with van der Waals surface area (Å²) in [5.74, 6) is 0. The van der Waals surface area contributed by atoms with Crippen molar-refractivity contribution in [2.45, 2.75) is 5.52 Å². The van der Waals surface area contributed by atoms with Crippen LogP contribution in [0.3, 0.4) is 0 Å². The summed E-state index contributed by atoms with van der Waals surface area (Å²) < 4.78 is 22.4. The van der Waals surface area contributed by atoms with Gasteiger partial charge in [0.1, 0.15) is 0 Å². The third-order valence-corrected chi connectivity index (χ3v) is 6.57. The Morgan fingerprint density at radius 3 is 2.00 bits per heavy atom. The number of rotatable bonds is 5. The molecule has 5 N–H and O–H groups in total. The zero-order valence-electron chi connectivity index (χ0n) is 10.4. The topological polar surface area (TPSA) is 140 Å². The molecule has 0 aliphatic rings. The Morgan fingerprint density at radius 2 is 1.52 bits per heavy atom. The van der Waals surface area contributed by atoms with Crippen molar-refractivity contribution in [1.29, 1.82) is 0 Å². The molecule has 0 radical (unpaired) electrons. The van der Waals surface area contributed by atoms with E-state index in [1.54, 1.807) is 29.6 Å². The molecule has 13 heteroatoms. The van der Waals surface area contributed by atoms with Crippen LogP contribution in [0.4, 0.5) is 5.13 Å². The van der Waals surface area contributed by atoms with Gasteiger partial charge in [0.2, 0.25) is 5.52 Å². The minimum atomic E-state index is -5.03. The summed E-state index contributed by atoms with van der Waals surface area (Å²) in [6.07, 6.45) is 0. The van der Waals surface area contributed by atoms with E-state index in [4.69, 9.17) is 19.6 Å². The van der Waals surface area contributed by atoms with Crippen molar-refractivity contribution in [1.82, 2.24) is 4.98 Å². The second-order valence-corrected chi connectivity index (χ2v) is 8.75. The zero-order chi connectivity index (χ0) is 15.7. The Labute approximate surface area is 180 Å². The van der Waals surface area contributed by atoms with Crippen LogP contribution in [-0.2, 0) is 9.13 Å². The van der Waals surface area contributed by atoms with E-state index in [1.807, 2.05) is 6.07 Å². The predicted octanol–water partition coefficient (Wildman–Crippen LogP) is 0.564. The standard InChI is InChI=1S/C10H12N2O6P2S.2Na.2H/c13-19(14,15)10(20(16,17)18)12-9-11-8(6-21-9)7-4-2-1-3-5-7;;;;/h1-6,10H,(H,11,12)(H2,13,14,15)(H2,16,17,18);;;;. The summed E-state index contributed by atoms with van der Waals surface area (Å²) in [7, 11) is -10.1. The van der Waals surface area contributed by atoms with Crippen LogP contribution < -0.4 is 5.32 Å². The molecule has 0 aliphatic heterocycles. The molecular formula is C10H14N2Na2O6P2S. The summed E-state index contributed by atoms with van der Waals surface area (Å²) >= 11 is 0.996. The van der Waals surface area contributed by atoms with Gasteiger partial charge in [-0.25, -0.2) is 4.98 Å². The van der Waals surface area contributed by atoms with E-state index in [9.17, 15) is 9.13 Å². The van der Waals surface area contributed by atoms with Gasteiger partial charge >= 0.3 is 74.3 Å². The Kier molecular flexibility index (Phi) is 9.99. The molecule has 2 rings (SSSR count). The van der Waals surface area contributed by atoms with Crippen molar-refractivity contribution < 1.29 is 28.7 Å². The fraction of sp³-hybridized carbons (Fsp3) is 0.100. The number of nitrogens with one attached hydrogen (secondary N) is 1. The van der Waals surface area contributed by atoms with E-state index in [0.29, 0.717) is 5.69 Å². The molecule has 0 atom stereocenters. The number of aromatic nitrogens is 1. The number of hydrogen-bond donors (Lipinski definition) is 5. The van der Waals surface area contributed by atoms with Crippen molar-refractivity contribution in [3.05, 3.63) is 35.7 Å². The number of benzene rings is 1. The number of hydrogen-bond acceptors (Lipinski definition) is 5. The zero-order valence-corrected chi connectivity index (χ0v) is 13.0. The van der Waals surface area contributed by atoms with Crippen LogP contribution in [0.2, 0.25) is 0 Å². The molecule has 2 aromatic rings. The van der Waals surface area contributed by atoms with E-state index in [1.165, 1.54) is 0 Å². The molecule has 0 saturated carbocycles. The van der Waals surface area contributed by atoms with E-state index in [2.05, 4.69) is 10.3 Å². The number of nitrogens with zero attached hydrogens (tertiary/aromatic N) is 1. The van der Waals surface area contributed by atoms with Crippen molar-refractivity contribution in [2.24, 2.45) is 0 Å². The van der Waals surface area contributed by atoms with Gasteiger partial charge in [-0.3, -0.25) is 9.13 Å². The first-order valence-electron chi connectivity index (χ1n) is 5.56. The second-order valence-electron chi connectivity index (χ2n) is 4.10. The van der Waals surface area contributed by atoms with Crippen molar-refractivity contribution in [2.75, 3.05) is 5.32 Å². The molecule has 1 heterocycles. The monoisotopic (exact) mass is 398 g/mol. The van der Waals surface area contributed by atoms with E-state index in [-0.39, 0.29) is 64.2 Å². The van der Waals surface area contributed by atoms with Crippen LogP contribution in [-0.4, -0.2) is 89.2 Å². The van der Waals surface area contributed by atoms with Crippen LogP contribution in [0.1, 0.15) is 0 Å². The maximum atomic E-state index is 11.2. The van der Waals surface area contributed by atoms with Gasteiger partial charge in [-0.1, -0.05) is 30.3 Å². The minimum absolute atomic E-state index is 0. The van der Waals surface area contributed by atoms with Gasteiger partial charge in [0, 0.05) is 10.9 Å². The van der Waals surface area contributed by atoms with E-state index in [0.717, 1.165) is 16.9 Å². The van der Waals surface area contributed by atoms with Crippen LogP contribution >= 0.6 is 26.5 Å². The van der Waals surface area contributed by atoms with E-state index >= 15 is 0 Å². The molecule has 8 nitrogen and oxygen atoms in total. The molecule has 0 spiro atoms. The van der Waals surface area contributed by atoms with Crippen LogP contribution in [0, 0.1) is 0 Å². The molecule has 0 fully saturated rings. The number of thiazole rings is 1. The molecule has 0 saturated heterocycles. The van der Waals surface area contributed by atoms with Gasteiger partial charge in [0.15, 0.2) is 5.13 Å². The second kappa shape index (κ2) is 9.59. The Balaban J connectivity index is 0.00000242. The maximum absolute atomic E-state index is 11.2. The third-order valence-electron chi connectivity index (χ3n) is 2.46. The molecular weight excluding hydrogens is 384 g/mol. The molecule has 0 amide bonds. The Hall–Kier alpha value is 0.950. The first kappa shape index (κ1) is 23.9. The van der Waals surface area contributed by atoms with Gasteiger partial charge in [-0.2, -0.15) is 0 Å². The molecule has 118 valence electrons. The first-order valence-corrected chi connectivity index (χ1v) is 9.80. The molecule has 1 aromatic carbocycles. The molecule has 1 aromatic heterocycles. The predicted molar refractivity (Wildman–Crippen MR) is 93.3 cm³/mol. The van der Waals surface area contributed by atoms with Gasteiger partial charge in [0.05, 0.1) is 5.69 Å². The average Bonchev–Trinajstić information content (AvgIpc) is 2.83. The van der Waals surface area contributed by atoms with Gasteiger partial charge in [-0.05, 0) is 0 Å². The SMILES string of the molecule is O=P(O)(O)C(Nc1nc(-c2ccccc2)cs1)P(=O)(O)O.[NaH].[NaH]. The van der Waals surface area contributed by atoms with Crippen LogP contribution in [0.15, 0.2) is 35.7 Å². The summed E-state index contributed by atoms with van der Waals surface area (Å²) in [6.45, 7) is 0. The Bertz CT molecular complexity index is 697. The molecule has 0 aliphatic carbocycles. The van der Waals surface area contributed by atoms with Crippen molar-refractivity contribution >= 4 is 90.8 Å². The molecule has 0 bridgehead atoms. The van der Waals surface area contributed by atoms with Gasteiger partial charge < -0.3 is 24.9 Å². The van der Waals surface area contributed by atoms with Crippen molar-refractivity contribution in [3.8, 4) is 11.3 Å². The summed E-state index contributed by atoms with van der Waals surface area (Å²) in [5, 5.41) is 3.77.